The van der Waals surface area contributed by atoms with E-state index >= 15 is 0 Å². The summed E-state index contributed by atoms with van der Waals surface area (Å²) in [5.74, 6) is 0.00181. The van der Waals surface area contributed by atoms with Crippen molar-refractivity contribution >= 4 is 22.1 Å². The first-order chi connectivity index (χ1) is 10.3. The fraction of sp³-hybridized carbons (Fsp3) is 0. The van der Waals surface area contributed by atoms with Crippen molar-refractivity contribution in [3.63, 3.8) is 0 Å². The molecule has 3 nitrogen and oxygen atoms in total. The van der Waals surface area contributed by atoms with Gasteiger partial charge in [-0.05, 0) is 11.5 Å². The molecule has 2 heterocycles. The minimum absolute atomic E-state index is 0.00181. The molecule has 0 radical (unpaired) electrons. The Labute approximate surface area is 121 Å². The lowest BCUT2D eigenvalue weighted by atomic mass is 10.0. The minimum atomic E-state index is 0.00181. The molecule has 0 aliphatic heterocycles. The average Bonchev–Trinajstić information content (AvgIpc) is 2.99. The Morgan fingerprint density at radius 2 is 1.67 bits per heavy atom. The molecule has 21 heavy (non-hydrogen) atoms. The Morgan fingerprint density at radius 3 is 2.52 bits per heavy atom. The van der Waals surface area contributed by atoms with Crippen molar-refractivity contribution in [3.05, 3.63) is 84.2 Å². The van der Waals surface area contributed by atoms with Gasteiger partial charge in [-0.15, -0.1) is 0 Å². The summed E-state index contributed by atoms with van der Waals surface area (Å²) in [6.45, 7) is 0. The van der Waals surface area contributed by atoms with Gasteiger partial charge in [0.25, 0.3) is 0 Å². The number of aromatic nitrogens is 2. The molecule has 0 aliphatic rings. The number of pyridine rings is 1. The second-order valence-electron chi connectivity index (χ2n) is 4.95. The Hall–Kier alpha value is -2.94. The van der Waals surface area contributed by atoms with Crippen LogP contribution in [0.3, 0.4) is 0 Å². The minimum Gasteiger partial charge on any atom is -0.288 e. The van der Waals surface area contributed by atoms with Crippen LogP contribution >= 0.6 is 0 Å². The summed E-state index contributed by atoms with van der Waals surface area (Å²) in [5.41, 5.74) is 2.18. The van der Waals surface area contributed by atoms with E-state index < -0.39 is 0 Å². The van der Waals surface area contributed by atoms with Crippen LogP contribution in [0, 0.1) is 0 Å². The van der Waals surface area contributed by atoms with E-state index in [1.54, 1.807) is 10.7 Å². The molecule has 0 saturated heterocycles. The largest absolute Gasteiger partial charge is 0.288 e. The summed E-state index contributed by atoms with van der Waals surface area (Å²) >= 11 is 0. The molecule has 2 aromatic heterocycles. The second kappa shape index (κ2) is 4.56. The first-order valence-electron chi connectivity index (χ1n) is 6.79. The number of rotatable bonds is 2. The highest BCUT2D eigenvalue weighted by Gasteiger charge is 2.16. The van der Waals surface area contributed by atoms with E-state index in [0.717, 1.165) is 16.3 Å². The normalized spacial score (nSPS) is 11.0. The van der Waals surface area contributed by atoms with Gasteiger partial charge in [0, 0.05) is 17.1 Å². The molecule has 0 bridgehead atoms. The number of nitrogens with zero attached hydrogens (tertiary/aromatic N) is 2. The summed E-state index contributed by atoms with van der Waals surface area (Å²) in [6, 6.07) is 19.4. The summed E-state index contributed by atoms with van der Waals surface area (Å²) in [6.07, 6.45) is 3.54. The highest BCUT2D eigenvalue weighted by atomic mass is 16.1. The maximum Gasteiger partial charge on any atom is 0.196 e. The molecule has 0 amide bonds. The van der Waals surface area contributed by atoms with Gasteiger partial charge < -0.3 is 0 Å². The lowest BCUT2D eigenvalue weighted by molar-refractivity contribution is 0.104. The molecule has 4 rings (SSSR count). The average molecular weight is 272 g/mol. The summed E-state index contributed by atoms with van der Waals surface area (Å²) in [4.78, 5) is 12.7. The maximum atomic E-state index is 12.7. The van der Waals surface area contributed by atoms with Crippen molar-refractivity contribution in [1.29, 1.82) is 0 Å². The molecule has 2 aromatic carbocycles. The van der Waals surface area contributed by atoms with E-state index in [-0.39, 0.29) is 5.78 Å². The molecule has 0 saturated carbocycles. The summed E-state index contributed by atoms with van der Waals surface area (Å²) in [7, 11) is 0. The number of hydrogen-bond acceptors (Lipinski definition) is 2. The number of hydrogen-bond donors (Lipinski definition) is 0. The second-order valence-corrected chi connectivity index (χ2v) is 4.95. The van der Waals surface area contributed by atoms with E-state index in [1.807, 2.05) is 66.9 Å². The zero-order chi connectivity index (χ0) is 14.2. The number of benzene rings is 2. The molecule has 0 N–H and O–H groups in total. The van der Waals surface area contributed by atoms with Crippen LogP contribution in [0.4, 0.5) is 0 Å². The number of fused-ring (bicyclic) bond motifs is 3. The quantitative estimate of drug-likeness (QED) is 0.521. The van der Waals surface area contributed by atoms with Gasteiger partial charge in [0.05, 0.1) is 17.3 Å². The molecule has 3 heteroatoms. The first-order valence-corrected chi connectivity index (χ1v) is 6.79. The highest BCUT2D eigenvalue weighted by Crippen LogP contribution is 2.24. The highest BCUT2D eigenvalue weighted by molar-refractivity contribution is 6.17. The van der Waals surface area contributed by atoms with Crippen molar-refractivity contribution in [3.8, 4) is 0 Å². The molecule has 0 aliphatic carbocycles. The molecular weight excluding hydrogens is 260 g/mol. The molecule has 0 fully saturated rings. The van der Waals surface area contributed by atoms with Crippen LogP contribution in [0.2, 0.25) is 0 Å². The predicted molar refractivity (Wildman–Crippen MR) is 82.6 cm³/mol. The summed E-state index contributed by atoms with van der Waals surface area (Å²) < 4.78 is 1.76. The standard InChI is InChI=1S/C18H12N2O/c21-18(14-7-2-1-3-8-14)16-12-19-20-11-10-13-6-4-5-9-15(13)17(16)20/h1-12H. The molecule has 100 valence electrons. The third-order valence-electron chi connectivity index (χ3n) is 3.69. The molecular formula is C18H12N2O. The zero-order valence-corrected chi connectivity index (χ0v) is 11.2. The first kappa shape index (κ1) is 11.9. The number of carbonyl (C=O) groups is 1. The monoisotopic (exact) mass is 272 g/mol. The van der Waals surface area contributed by atoms with Crippen LogP contribution in [0.15, 0.2) is 73.1 Å². The zero-order valence-electron chi connectivity index (χ0n) is 11.2. The molecule has 0 spiro atoms. The van der Waals surface area contributed by atoms with Crippen molar-refractivity contribution in [2.24, 2.45) is 0 Å². The third-order valence-corrected chi connectivity index (χ3v) is 3.69. The fourth-order valence-corrected chi connectivity index (χ4v) is 2.66. The van der Waals surface area contributed by atoms with Crippen LogP contribution < -0.4 is 0 Å². The predicted octanol–water partition coefficient (Wildman–Crippen LogP) is 3.72. The molecule has 4 aromatic rings. The smallest absolute Gasteiger partial charge is 0.196 e. The van der Waals surface area contributed by atoms with Gasteiger partial charge in [-0.1, -0.05) is 54.6 Å². The van der Waals surface area contributed by atoms with Crippen LogP contribution in [0.1, 0.15) is 15.9 Å². The topological polar surface area (TPSA) is 34.4 Å². The van der Waals surface area contributed by atoms with Crippen LogP contribution in [-0.2, 0) is 0 Å². The van der Waals surface area contributed by atoms with E-state index in [2.05, 4.69) is 5.10 Å². The van der Waals surface area contributed by atoms with Gasteiger partial charge in [0.1, 0.15) is 0 Å². The van der Waals surface area contributed by atoms with Gasteiger partial charge >= 0.3 is 0 Å². The van der Waals surface area contributed by atoms with Gasteiger partial charge in [-0.25, -0.2) is 4.52 Å². The lowest BCUT2D eigenvalue weighted by Gasteiger charge is -2.03. The Morgan fingerprint density at radius 1 is 0.905 bits per heavy atom. The van der Waals surface area contributed by atoms with Gasteiger partial charge in [-0.2, -0.15) is 5.10 Å². The Bertz CT molecular complexity index is 955. The SMILES string of the molecule is O=C(c1ccccc1)c1cnn2ccc3ccccc3c12. The van der Waals surface area contributed by atoms with E-state index in [9.17, 15) is 4.79 Å². The van der Waals surface area contributed by atoms with E-state index in [0.29, 0.717) is 11.1 Å². The van der Waals surface area contributed by atoms with Crippen LogP contribution in [-0.4, -0.2) is 15.4 Å². The van der Waals surface area contributed by atoms with Crippen molar-refractivity contribution in [1.82, 2.24) is 9.61 Å². The van der Waals surface area contributed by atoms with Gasteiger partial charge in [-0.3, -0.25) is 4.79 Å². The van der Waals surface area contributed by atoms with Crippen LogP contribution in [0.5, 0.6) is 0 Å². The Kier molecular flexibility index (Phi) is 2.57. The van der Waals surface area contributed by atoms with Gasteiger partial charge in [0.2, 0.25) is 0 Å². The lowest BCUT2D eigenvalue weighted by Crippen LogP contribution is -2.00. The third kappa shape index (κ3) is 1.82. The van der Waals surface area contributed by atoms with Crippen molar-refractivity contribution in [2.45, 2.75) is 0 Å². The van der Waals surface area contributed by atoms with Crippen molar-refractivity contribution < 1.29 is 4.79 Å². The fourth-order valence-electron chi connectivity index (χ4n) is 2.66. The van der Waals surface area contributed by atoms with Crippen molar-refractivity contribution in [2.75, 3.05) is 0 Å². The number of ketones is 1. The van der Waals surface area contributed by atoms with E-state index in [1.165, 1.54) is 0 Å². The van der Waals surface area contributed by atoms with Gasteiger partial charge in [0.15, 0.2) is 5.78 Å². The van der Waals surface area contributed by atoms with Crippen LogP contribution in [0.25, 0.3) is 16.3 Å². The maximum absolute atomic E-state index is 12.7. The van der Waals surface area contributed by atoms with E-state index in [4.69, 9.17) is 0 Å². The number of carbonyl (C=O) groups excluding carboxylic acids is 1. The molecule has 0 unspecified atom stereocenters. The summed E-state index contributed by atoms with van der Waals surface area (Å²) in [5, 5.41) is 6.45. The Balaban J connectivity index is 2.02. The molecule has 0 atom stereocenters.